The zero-order valence-electron chi connectivity index (χ0n) is 26.9. The van der Waals surface area contributed by atoms with Crippen molar-refractivity contribution in [3.8, 4) is 0 Å². The van der Waals surface area contributed by atoms with Crippen LogP contribution in [0.3, 0.4) is 0 Å². The van der Waals surface area contributed by atoms with Crippen molar-refractivity contribution in [2.24, 2.45) is 11.8 Å². The minimum Gasteiger partial charge on any atom is -0.391 e. The fraction of sp³-hybridized carbons (Fsp3) is 0.562. The first-order valence-corrected chi connectivity index (χ1v) is 18.7. The molecule has 0 saturated heterocycles. The molecular weight excluding hydrogens is 637 g/mol. The van der Waals surface area contributed by atoms with E-state index in [0.717, 1.165) is 36.1 Å². The normalized spacial score (nSPS) is 21.2. The molecule has 2 aromatic rings. The molecule has 46 heavy (non-hydrogen) atoms. The molecule has 2 aromatic carbocycles. The van der Waals surface area contributed by atoms with E-state index < -0.39 is 67.0 Å². The number of sulfonamides is 1. The van der Waals surface area contributed by atoms with Crippen molar-refractivity contribution in [1.82, 2.24) is 15.4 Å². The van der Waals surface area contributed by atoms with Gasteiger partial charge in [-0.3, -0.25) is 9.59 Å². The average molecular weight is 684 g/mol. The number of sulfone groups is 1. The van der Waals surface area contributed by atoms with Crippen LogP contribution in [-0.4, -0.2) is 82.7 Å². The number of aliphatic hydroxyl groups is 1. The number of hydrogen-bond acceptors (Lipinski definition) is 8. The van der Waals surface area contributed by atoms with Crippen molar-refractivity contribution in [3.63, 3.8) is 0 Å². The molecule has 0 radical (unpaired) electrons. The van der Waals surface area contributed by atoms with Crippen molar-refractivity contribution < 1.29 is 40.7 Å². The average Bonchev–Trinajstić information content (AvgIpc) is 2.95. The molecule has 1 aliphatic carbocycles. The Balaban J connectivity index is 1.90. The number of amides is 2. The summed E-state index contributed by atoms with van der Waals surface area (Å²) in [5.74, 6) is -3.40. The standard InChI is InChI=1S/C32H46FN3O8S2/c1-32(2,3)35-30(38)26-16-13-24(44-4)18-22(26)19-29(37)27(17-21-9-7-6-8-10-21)34-31(39)28(36-45(5,40)41)20-46(42,43)25-14-11-23(33)12-15-25/h6-12,14-15,22,24,26-29,36-37H,13,16-20H2,1-5H3,(H,34,39)(H,35,38)/t22?,24?,26?,27-,28+,29+/m0/s1. The van der Waals surface area contributed by atoms with E-state index in [1.165, 1.54) is 0 Å². The summed E-state index contributed by atoms with van der Waals surface area (Å²) in [6, 6.07) is 10.2. The van der Waals surface area contributed by atoms with Gasteiger partial charge in [-0.05, 0) is 88.6 Å². The number of hydrogen-bond donors (Lipinski definition) is 4. The number of rotatable bonds is 14. The fourth-order valence-electron chi connectivity index (χ4n) is 5.79. The van der Waals surface area contributed by atoms with Crippen LogP contribution < -0.4 is 15.4 Å². The summed E-state index contributed by atoms with van der Waals surface area (Å²) in [6.07, 6.45) is 1.50. The number of aliphatic hydroxyl groups excluding tert-OH is 1. The van der Waals surface area contributed by atoms with Crippen LogP contribution in [-0.2, 0) is 40.6 Å². The molecule has 0 bridgehead atoms. The van der Waals surface area contributed by atoms with Gasteiger partial charge in [-0.2, -0.15) is 0 Å². The summed E-state index contributed by atoms with van der Waals surface area (Å²) in [5, 5.41) is 17.4. The third-order valence-corrected chi connectivity index (χ3v) is 10.4. The predicted octanol–water partition coefficient (Wildman–Crippen LogP) is 2.34. The topological polar surface area (TPSA) is 168 Å². The number of benzene rings is 2. The van der Waals surface area contributed by atoms with E-state index in [4.69, 9.17) is 4.74 Å². The van der Waals surface area contributed by atoms with Gasteiger partial charge in [0, 0.05) is 18.6 Å². The van der Waals surface area contributed by atoms with Crippen LogP contribution in [0.25, 0.3) is 0 Å². The second-order valence-electron chi connectivity index (χ2n) is 13.1. The van der Waals surface area contributed by atoms with Gasteiger partial charge in [-0.15, -0.1) is 0 Å². The maximum absolute atomic E-state index is 13.7. The Labute approximate surface area is 271 Å². The Morgan fingerprint density at radius 1 is 1.02 bits per heavy atom. The number of halogens is 1. The lowest BCUT2D eigenvalue weighted by molar-refractivity contribution is -0.132. The number of carbonyl (C=O) groups excluding carboxylic acids is 2. The minimum absolute atomic E-state index is 0.113. The van der Waals surface area contributed by atoms with Crippen LogP contribution >= 0.6 is 0 Å². The van der Waals surface area contributed by atoms with Crippen molar-refractivity contribution in [2.75, 3.05) is 19.1 Å². The summed E-state index contributed by atoms with van der Waals surface area (Å²) in [6.45, 7) is 5.66. The molecule has 1 aliphatic rings. The summed E-state index contributed by atoms with van der Waals surface area (Å²) in [7, 11) is -6.71. The molecule has 6 atom stereocenters. The first-order chi connectivity index (χ1) is 21.4. The van der Waals surface area contributed by atoms with E-state index in [-0.39, 0.29) is 35.7 Å². The first-order valence-electron chi connectivity index (χ1n) is 15.2. The van der Waals surface area contributed by atoms with Crippen molar-refractivity contribution >= 4 is 31.7 Å². The fourth-order valence-corrected chi connectivity index (χ4v) is 8.02. The van der Waals surface area contributed by atoms with Crippen molar-refractivity contribution in [3.05, 3.63) is 66.0 Å². The van der Waals surface area contributed by atoms with Gasteiger partial charge in [-0.1, -0.05) is 30.3 Å². The van der Waals surface area contributed by atoms with Crippen LogP contribution in [0.1, 0.15) is 52.0 Å². The highest BCUT2D eigenvalue weighted by molar-refractivity contribution is 7.91. The monoisotopic (exact) mass is 683 g/mol. The van der Waals surface area contributed by atoms with Gasteiger partial charge in [0.25, 0.3) is 0 Å². The zero-order chi connectivity index (χ0) is 34.3. The van der Waals surface area contributed by atoms with Crippen molar-refractivity contribution in [1.29, 1.82) is 0 Å². The molecule has 0 aliphatic heterocycles. The van der Waals surface area contributed by atoms with E-state index in [9.17, 15) is 35.9 Å². The maximum atomic E-state index is 13.7. The van der Waals surface area contributed by atoms with Gasteiger partial charge >= 0.3 is 0 Å². The highest BCUT2D eigenvalue weighted by Gasteiger charge is 2.39. The van der Waals surface area contributed by atoms with E-state index in [1.54, 1.807) is 31.4 Å². The predicted molar refractivity (Wildman–Crippen MR) is 172 cm³/mol. The van der Waals surface area contributed by atoms with Crippen molar-refractivity contribution in [2.45, 2.75) is 87.6 Å². The van der Waals surface area contributed by atoms with Crippen LogP contribution in [0.15, 0.2) is 59.5 Å². The summed E-state index contributed by atoms with van der Waals surface area (Å²) in [5.41, 5.74) is 0.303. The molecule has 2 amide bonds. The molecule has 3 unspecified atom stereocenters. The summed E-state index contributed by atoms with van der Waals surface area (Å²) < 4.78 is 71.8. The van der Waals surface area contributed by atoms with Crippen LogP contribution in [0.2, 0.25) is 0 Å². The maximum Gasteiger partial charge on any atom is 0.239 e. The second-order valence-corrected chi connectivity index (χ2v) is 16.9. The molecule has 4 N–H and O–H groups in total. The molecule has 1 saturated carbocycles. The number of carbonyl (C=O) groups is 2. The molecule has 1 fully saturated rings. The largest absolute Gasteiger partial charge is 0.391 e. The lowest BCUT2D eigenvalue weighted by Crippen LogP contribution is -2.55. The summed E-state index contributed by atoms with van der Waals surface area (Å²) in [4.78, 5) is 26.7. The number of ether oxygens (including phenoxy) is 1. The molecular formula is C32H46FN3O8S2. The lowest BCUT2D eigenvalue weighted by atomic mass is 9.73. The highest BCUT2D eigenvalue weighted by atomic mass is 32.2. The van der Waals surface area contributed by atoms with E-state index >= 15 is 0 Å². The highest BCUT2D eigenvalue weighted by Crippen LogP contribution is 2.36. The SMILES string of the molecule is COC1CCC(C(=O)NC(C)(C)C)C(C[C@@H](O)[C@H](Cc2ccccc2)NC(=O)[C@@H](CS(=O)(=O)c2ccc(F)cc2)NS(C)(=O)=O)C1. The van der Waals surface area contributed by atoms with Gasteiger partial charge in [0.15, 0.2) is 9.84 Å². The zero-order valence-corrected chi connectivity index (χ0v) is 28.5. The van der Waals surface area contributed by atoms with E-state index in [1.807, 2.05) is 26.8 Å². The van der Waals surface area contributed by atoms with Crippen LogP contribution in [0.5, 0.6) is 0 Å². The molecule has 11 nitrogen and oxygen atoms in total. The van der Waals surface area contributed by atoms with Gasteiger partial charge in [0.2, 0.25) is 21.8 Å². The summed E-state index contributed by atoms with van der Waals surface area (Å²) >= 11 is 0. The Bertz CT molecular complexity index is 1530. The minimum atomic E-state index is -4.25. The molecule has 0 heterocycles. The molecule has 0 aromatic heterocycles. The Hall–Kier alpha value is -2.91. The van der Waals surface area contributed by atoms with E-state index in [2.05, 4.69) is 15.4 Å². The number of methoxy groups -OCH3 is 1. The molecule has 256 valence electrons. The lowest BCUT2D eigenvalue weighted by Gasteiger charge is -2.38. The van der Waals surface area contributed by atoms with Crippen LogP contribution in [0, 0.1) is 17.7 Å². The van der Waals surface area contributed by atoms with E-state index in [0.29, 0.717) is 19.3 Å². The third-order valence-electron chi connectivity index (χ3n) is 7.97. The molecule has 0 spiro atoms. The van der Waals surface area contributed by atoms with Gasteiger partial charge < -0.3 is 20.5 Å². The second kappa shape index (κ2) is 15.8. The number of nitrogens with one attached hydrogen (secondary N) is 3. The van der Waals surface area contributed by atoms with Gasteiger partial charge in [0.1, 0.15) is 11.9 Å². The first kappa shape index (κ1) is 37.5. The Morgan fingerprint density at radius 3 is 2.22 bits per heavy atom. The Kier molecular flexibility index (Phi) is 12.9. The van der Waals surface area contributed by atoms with Gasteiger partial charge in [0.05, 0.1) is 35.2 Å². The molecule has 3 rings (SSSR count). The third kappa shape index (κ3) is 11.7. The Morgan fingerprint density at radius 2 is 1.65 bits per heavy atom. The van der Waals surface area contributed by atoms with Gasteiger partial charge in [-0.25, -0.2) is 25.9 Å². The quantitative estimate of drug-likeness (QED) is 0.220. The molecule has 14 heteroatoms. The smallest absolute Gasteiger partial charge is 0.239 e. The van der Waals surface area contributed by atoms with Crippen LogP contribution in [0.4, 0.5) is 4.39 Å².